The number of carbonyl (C=O) groups excluding carboxylic acids is 1. The van der Waals surface area contributed by atoms with E-state index in [2.05, 4.69) is 20.8 Å². The second kappa shape index (κ2) is 6.47. The summed E-state index contributed by atoms with van der Waals surface area (Å²) in [6.07, 6.45) is 0.823. The third-order valence-electron chi connectivity index (χ3n) is 2.85. The van der Waals surface area contributed by atoms with Crippen LogP contribution in [0.1, 0.15) is 34.8 Å². The Labute approximate surface area is 122 Å². The van der Waals surface area contributed by atoms with Gasteiger partial charge in [0.05, 0.1) is 0 Å². The summed E-state index contributed by atoms with van der Waals surface area (Å²) in [5, 5.41) is 15.4. The molecule has 0 unspecified atom stereocenters. The lowest BCUT2D eigenvalue weighted by Gasteiger charge is -2.09. The fourth-order valence-corrected chi connectivity index (χ4v) is 2.48. The molecule has 20 heavy (non-hydrogen) atoms. The maximum absolute atomic E-state index is 12.1. The third-order valence-corrected chi connectivity index (χ3v) is 3.83. The van der Waals surface area contributed by atoms with Crippen molar-refractivity contribution in [3.05, 3.63) is 34.3 Å². The molecule has 1 amide bonds. The molecule has 0 radical (unpaired) electrons. The molecule has 106 valence electrons. The molecule has 0 aliphatic heterocycles. The van der Waals surface area contributed by atoms with Gasteiger partial charge >= 0.3 is 0 Å². The topological polar surface area (TPSA) is 66.9 Å². The lowest BCUT2D eigenvalue weighted by molar-refractivity contribution is 0.102. The number of amides is 1. The Bertz CT molecular complexity index is 609. The van der Waals surface area contributed by atoms with Crippen molar-refractivity contribution in [3.8, 4) is 0 Å². The van der Waals surface area contributed by atoms with E-state index >= 15 is 0 Å². The fraction of sp³-hybridized carbons (Fsp3) is 0.357. The molecular formula is C14H18N4OS. The van der Waals surface area contributed by atoms with Gasteiger partial charge < -0.3 is 5.32 Å². The Morgan fingerprint density at radius 2 is 2.10 bits per heavy atom. The smallest absolute Gasteiger partial charge is 0.257 e. The van der Waals surface area contributed by atoms with Crippen molar-refractivity contribution in [2.75, 3.05) is 17.2 Å². The van der Waals surface area contributed by atoms with Gasteiger partial charge in [-0.2, -0.15) is 0 Å². The standard InChI is InChI=1S/C14H18N4OS/c1-4-12-17-18-14(20-12)16-13(19)10-6-7-11(15-5-2)9(3)8-10/h6-8,15H,4-5H2,1-3H3,(H,16,18,19). The Balaban J connectivity index is 2.10. The Morgan fingerprint density at radius 3 is 2.70 bits per heavy atom. The number of nitrogens with zero attached hydrogens (tertiary/aromatic N) is 2. The number of hydrogen-bond acceptors (Lipinski definition) is 5. The van der Waals surface area contributed by atoms with Crippen LogP contribution in [-0.4, -0.2) is 22.6 Å². The molecule has 2 aromatic rings. The quantitative estimate of drug-likeness (QED) is 0.888. The lowest BCUT2D eigenvalue weighted by atomic mass is 10.1. The number of aryl methyl sites for hydroxylation is 2. The van der Waals surface area contributed by atoms with E-state index in [4.69, 9.17) is 0 Å². The first-order valence-electron chi connectivity index (χ1n) is 6.62. The average molecular weight is 290 g/mol. The summed E-state index contributed by atoms with van der Waals surface area (Å²) in [4.78, 5) is 12.1. The van der Waals surface area contributed by atoms with Crippen molar-refractivity contribution in [2.45, 2.75) is 27.2 Å². The second-order valence-electron chi connectivity index (χ2n) is 4.37. The van der Waals surface area contributed by atoms with Gasteiger partial charge in [0.15, 0.2) is 0 Å². The molecule has 1 heterocycles. The fourth-order valence-electron chi connectivity index (χ4n) is 1.81. The van der Waals surface area contributed by atoms with E-state index in [1.54, 1.807) is 0 Å². The molecule has 0 atom stereocenters. The molecule has 0 bridgehead atoms. The molecule has 2 rings (SSSR count). The molecule has 0 aliphatic rings. The number of carbonyl (C=O) groups is 1. The minimum Gasteiger partial charge on any atom is -0.385 e. The third kappa shape index (κ3) is 3.33. The van der Waals surface area contributed by atoms with Crippen molar-refractivity contribution >= 4 is 28.1 Å². The van der Waals surface area contributed by atoms with Crippen LogP contribution in [0.4, 0.5) is 10.8 Å². The van der Waals surface area contributed by atoms with Gasteiger partial charge in [0.1, 0.15) is 5.01 Å². The van der Waals surface area contributed by atoms with E-state index in [1.165, 1.54) is 11.3 Å². The number of aromatic nitrogens is 2. The molecule has 0 aliphatic carbocycles. The predicted molar refractivity (Wildman–Crippen MR) is 82.6 cm³/mol. The van der Waals surface area contributed by atoms with E-state index in [-0.39, 0.29) is 5.91 Å². The van der Waals surface area contributed by atoms with Crippen LogP contribution >= 0.6 is 11.3 Å². The van der Waals surface area contributed by atoms with Crippen molar-refractivity contribution in [2.24, 2.45) is 0 Å². The monoisotopic (exact) mass is 290 g/mol. The van der Waals surface area contributed by atoms with Crippen LogP contribution in [0.15, 0.2) is 18.2 Å². The molecule has 5 nitrogen and oxygen atoms in total. The van der Waals surface area contributed by atoms with Crippen LogP contribution in [0, 0.1) is 6.92 Å². The van der Waals surface area contributed by atoms with Crippen molar-refractivity contribution < 1.29 is 4.79 Å². The second-order valence-corrected chi connectivity index (χ2v) is 5.43. The highest BCUT2D eigenvalue weighted by atomic mass is 32.1. The summed E-state index contributed by atoms with van der Waals surface area (Å²) in [6.45, 7) is 6.89. The zero-order valence-electron chi connectivity index (χ0n) is 11.9. The minimum atomic E-state index is -0.157. The summed E-state index contributed by atoms with van der Waals surface area (Å²) >= 11 is 1.40. The van der Waals surface area contributed by atoms with E-state index in [0.717, 1.165) is 29.2 Å². The lowest BCUT2D eigenvalue weighted by Crippen LogP contribution is -2.12. The zero-order chi connectivity index (χ0) is 14.5. The summed E-state index contributed by atoms with van der Waals surface area (Å²) in [6, 6.07) is 5.60. The Morgan fingerprint density at radius 1 is 1.30 bits per heavy atom. The first-order valence-corrected chi connectivity index (χ1v) is 7.44. The van der Waals surface area contributed by atoms with E-state index in [9.17, 15) is 4.79 Å². The molecule has 0 saturated heterocycles. The van der Waals surface area contributed by atoms with Crippen molar-refractivity contribution in [1.82, 2.24) is 10.2 Å². The number of nitrogens with one attached hydrogen (secondary N) is 2. The number of rotatable bonds is 5. The highest BCUT2D eigenvalue weighted by Gasteiger charge is 2.10. The number of anilines is 2. The van der Waals surface area contributed by atoms with Gasteiger partial charge in [-0.1, -0.05) is 18.3 Å². The van der Waals surface area contributed by atoms with Gasteiger partial charge in [-0.05, 0) is 44.0 Å². The molecule has 0 fully saturated rings. The summed E-state index contributed by atoms with van der Waals surface area (Å²) in [5.74, 6) is -0.157. The van der Waals surface area contributed by atoms with Crippen LogP contribution in [0.25, 0.3) is 0 Å². The van der Waals surface area contributed by atoms with Gasteiger partial charge in [0.25, 0.3) is 5.91 Å². The molecule has 1 aromatic carbocycles. The van der Waals surface area contributed by atoms with Crippen LogP contribution in [0.5, 0.6) is 0 Å². The van der Waals surface area contributed by atoms with Gasteiger partial charge in [-0.15, -0.1) is 10.2 Å². The number of hydrogen-bond donors (Lipinski definition) is 2. The van der Waals surface area contributed by atoms with Crippen LogP contribution in [0.2, 0.25) is 0 Å². The van der Waals surface area contributed by atoms with E-state index in [1.807, 2.05) is 39.0 Å². The number of benzene rings is 1. The highest BCUT2D eigenvalue weighted by molar-refractivity contribution is 7.15. The van der Waals surface area contributed by atoms with Crippen LogP contribution in [0.3, 0.4) is 0 Å². The summed E-state index contributed by atoms with van der Waals surface area (Å²) in [7, 11) is 0. The minimum absolute atomic E-state index is 0.157. The molecule has 2 N–H and O–H groups in total. The molecule has 6 heteroatoms. The van der Waals surface area contributed by atoms with Crippen LogP contribution in [-0.2, 0) is 6.42 Å². The maximum Gasteiger partial charge on any atom is 0.257 e. The van der Waals surface area contributed by atoms with Gasteiger partial charge in [-0.25, -0.2) is 0 Å². The molecule has 0 saturated carbocycles. The normalized spacial score (nSPS) is 10.3. The van der Waals surface area contributed by atoms with E-state index in [0.29, 0.717) is 10.7 Å². The first-order chi connectivity index (χ1) is 9.63. The molecule has 1 aromatic heterocycles. The average Bonchev–Trinajstić information content (AvgIpc) is 2.89. The van der Waals surface area contributed by atoms with Crippen LogP contribution < -0.4 is 10.6 Å². The summed E-state index contributed by atoms with van der Waals surface area (Å²) < 4.78 is 0. The van der Waals surface area contributed by atoms with Crippen molar-refractivity contribution in [3.63, 3.8) is 0 Å². The molecular weight excluding hydrogens is 272 g/mol. The SMILES string of the molecule is CCNc1ccc(C(=O)Nc2nnc(CC)s2)cc1C. The maximum atomic E-state index is 12.1. The van der Waals surface area contributed by atoms with Crippen molar-refractivity contribution in [1.29, 1.82) is 0 Å². The Hall–Kier alpha value is -1.95. The Kier molecular flexibility index (Phi) is 4.68. The highest BCUT2D eigenvalue weighted by Crippen LogP contribution is 2.19. The predicted octanol–water partition coefficient (Wildman–Crippen LogP) is 3.09. The largest absolute Gasteiger partial charge is 0.385 e. The van der Waals surface area contributed by atoms with Gasteiger partial charge in [0.2, 0.25) is 5.13 Å². The van der Waals surface area contributed by atoms with Gasteiger partial charge in [0, 0.05) is 17.8 Å². The van der Waals surface area contributed by atoms with Gasteiger partial charge in [-0.3, -0.25) is 10.1 Å². The first kappa shape index (κ1) is 14.5. The zero-order valence-corrected chi connectivity index (χ0v) is 12.7. The summed E-state index contributed by atoms with van der Waals surface area (Å²) in [5.41, 5.74) is 2.72. The molecule has 0 spiro atoms. The van der Waals surface area contributed by atoms with E-state index < -0.39 is 0 Å².